The van der Waals surface area contributed by atoms with E-state index in [9.17, 15) is 9.18 Å². The van der Waals surface area contributed by atoms with Crippen molar-refractivity contribution < 1.29 is 18.7 Å². The first kappa shape index (κ1) is 21.8. The van der Waals surface area contributed by atoms with Gasteiger partial charge in [-0.05, 0) is 18.9 Å². The van der Waals surface area contributed by atoms with Crippen LogP contribution in [0.25, 0.3) is 22.4 Å². The molecular weight excluding hydrogens is 453 g/mol. The van der Waals surface area contributed by atoms with Crippen molar-refractivity contribution in [2.75, 3.05) is 31.6 Å². The van der Waals surface area contributed by atoms with Crippen LogP contribution in [0.1, 0.15) is 19.3 Å². The zero-order valence-corrected chi connectivity index (χ0v) is 18.4. The number of pyridine rings is 1. The Morgan fingerprint density at radius 2 is 2.30 bits per heavy atom. The third-order valence-corrected chi connectivity index (χ3v) is 6.02. The molecule has 5 heterocycles. The maximum absolute atomic E-state index is 14.6. The molecular formula is C21H23ClFN7O3. The second-order valence-corrected chi connectivity index (χ2v) is 8.74. The minimum Gasteiger partial charge on any atom is -0.425 e. The number of ether oxygens (including phenoxy) is 2. The van der Waals surface area contributed by atoms with Crippen molar-refractivity contribution in [2.45, 2.75) is 31.0 Å². The van der Waals surface area contributed by atoms with E-state index in [1.807, 2.05) is 0 Å². The molecule has 0 aliphatic carbocycles. The van der Waals surface area contributed by atoms with E-state index in [1.54, 1.807) is 17.2 Å². The number of nitrogens with zero attached hydrogens (tertiary/aromatic N) is 4. The van der Waals surface area contributed by atoms with Gasteiger partial charge in [-0.3, -0.25) is 5.73 Å². The summed E-state index contributed by atoms with van der Waals surface area (Å²) >= 11 is 6.07. The number of carbonyl (C=O) groups is 1. The van der Waals surface area contributed by atoms with Crippen LogP contribution < -0.4 is 11.1 Å². The average Bonchev–Trinajstić information content (AvgIpc) is 3.41. The van der Waals surface area contributed by atoms with E-state index >= 15 is 0 Å². The molecule has 4 N–H and O–H groups in total. The van der Waals surface area contributed by atoms with Gasteiger partial charge in [0.05, 0.1) is 17.8 Å². The Morgan fingerprint density at radius 3 is 3.12 bits per heavy atom. The summed E-state index contributed by atoms with van der Waals surface area (Å²) in [6.07, 6.45) is 5.79. The lowest BCUT2D eigenvalue weighted by atomic mass is 10.1. The predicted octanol–water partition coefficient (Wildman–Crippen LogP) is 2.90. The van der Waals surface area contributed by atoms with Gasteiger partial charge in [0.1, 0.15) is 12.3 Å². The van der Waals surface area contributed by atoms with Crippen LogP contribution in [0.5, 0.6) is 0 Å². The van der Waals surface area contributed by atoms with Crippen molar-refractivity contribution in [3.63, 3.8) is 0 Å². The number of H-pyrrole nitrogens is 1. The zero-order valence-electron chi connectivity index (χ0n) is 17.7. The molecule has 0 saturated carbocycles. The molecule has 10 nitrogen and oxygen atoms in total. The number of carbonyl (C=O) groups excluding carboxylic acids is 1. The molecule has 0 radical (unpaired) electrons. The van der Waals surface area contributed by atoms with E-state index in [0.29, 0.717) is 48.2 Å². The molecule has 174 valence electrons. The number of halogens is 2. The SMILES string of the molecule is N[C@]1(OC(=O)N2CCC[C@H](Nc3nc(-c4c[nH]c5ncc(Cl)cc45)ncc3F)C2)CCOC1. The molecule has 0 unspecified atom stereocenters. The first-order valence-electron chi connectivity index (χ1n) is 10.7. The second kappa shape index (κ2) is 8.73. The highest BCUT2D eigenvalue weighted by molar-refractivity contribution is 6.31. The Bertz CT molecular complexity index is 1180. The quantitative estimate of drug-likeness (QED) is 0.491. The Hall–Kier alpha value is -3.02. The van der Waals surface area contributed by atoms with Gasteiger partial charge in [-0.25, -0.2) is 24.1 Å². The first-order valence-corrected chi connectivity index (χ1v) is 11.0. The van der Waals surface area contributed by atoms with Crippen LogP contribution in [0.15, 0.2) is 24.7 Å². The zero-order chi connectivity index (χ0) is 23.0. The third kappa shape index (κ3) is 4.56. The van der Waals surface area contributed by atoms with Gasteiger partial charge < -0.3 is 24.7 Å². The largest absolute Gasteiger partial charge is 0.425 e. The van der Waals surface area contributed by atoms with Gasteiger partial charge in [0, 0.05) is 48.9 Å². The van der Waals surface area contributed by atoms with Crippen molar-refractivity contribution in [1.29, 1.82) is 0 Å². The van der Waals surface area contributed by atoms with Gasteiger partial charge in [-0.2, -0.15) is 0 Å². The van der Waals surface area contributed by atoms with E-state index in [4.69, 9.17) is 26.8 Å². The third-order valence-electron chi connectivity index (χ3n) is 5.81. The van der Waals surface area contributed by atoms with Crippen LogP contribution in [0.2, 0.25) is 5.02 Å². The van der Waals surface area contributed by atoms with Crippen molar-refractivity contribution in [2.24, 2.45) is 5.73 Å². The number of likely N-dealkylation sites (tertiary alicyclic amines) is 1. The van der Waals surface area contributed by atoms with E-state index in [0.717, 1.165) is 24.4 Å². The van der Waals surface area contributed by atoms with E-state index in [-0.39, 0.29) is 18.5 Å². The number of fused-ring (bicyclic) bond motifs is 1. The van der Waals surface area contributed by atoms with Gasteiger partial charge in [-0.15, -0.1) is 0 Å². The smallest absolute Gasteiger partial charge is 0.411 e. The summed E-state index contributed by atoms with van der Waals surface area (Å²) in [4.78, 5) is 30.0. The van der Waals surface area contributed by atoms with Crippen LogP contribution in [0, 0.1) is 5.82 Å². The van der Waals surface area contributed by atoms with E-state index in [2.05, 4.69) is 25.3 Å². The fraction of sp³-hybridized carbons (Fsp3) is 0.429. The topological polar surface area (TPSA) is 131 Å². The molecule has 0 spiro atoms. The summed E-state index contributed by atoms with van der Waals surface area (Å²) in [6, 6.07) is 1.54. The number of piperidine rings is 1. The van der Waals surface area contributed by atoms with Gasteiger partial charge in [0.15, 0.2) is 23.2 Å². The van der Waals surface area contributed by atoms with Crippen LogP contribution in [0.3, 0.4) is 0 Å². The van der Waals surface area contributed by atoms with Crippen molar-refractivity contribution in [3.8, 4) is 11.4 Å². The number of aromatic amines is 1. The van der Waals surface area contributed by atoms with Crippen molar-refractivity contribution in [3.05, 3.63) is 35.5 Å². The summed E-state index contributed by atoms with van der Waals surface area (Å²) in [5.74, 6) is -0.199. The van der Waals surface area contributed by atoms with Gasteiger partial charge in [0.25, 0.3) is 0 Å². The monoisotopic (exact) mass is 475 g/mol. The summed E-state index contributed by atoms with van der Waals surface area (Å²) in [7, 11) is 0. The highest BCUT2D eigenvalue weighted by atomic mass is 35.5. The minimum absolute atomic E-state index is 0.0593. The van der Waals surface area contributed by atoms with Crippen LogP contribution in [-0.2, 0) is 9.47 Å². The highest BCUT2D eigenvalue weighted by Gasteiger charge is 2.37. The van der Waals surface area contributed by atoms with Gasteiger partial charge >= 0.3 is 6.09 Å². The number of nitrogens with two attached hydrogens (primary N) is 1. The fourth-order valence-electron chi connectivity index (χ4n) is 4.10. The van der Waals surface area contributed by atoms with Crippen LogP contribution in [-0.4, -0.2) is 69.0 Å². The molecule has 5 rings (SSSR count). The summed E-state index contributed by atoms with van der Waals surface area (Å²) in [5.41, 5.74) is 6.25. The lowest BCUT2D eigenvalue weighted by Crippen LogP contribution is -2.51. The molecule has 2 saturated heterocycles. The Kier molecular flexibility index (Phi) is 5.77. The number of aromatic nitrogens is 4. The van der Waals surface area contributed by atoms with E-state index in [1.165, 1.54) is 6.20 Å². The molecule has 33 heavy (non-hydrogen) atoms. The molecule has 2 aliphatic heterocycles. The summed E-state index contributed by atoms with van der Waals surface area (Å²) in [5, 5.41) is 4.32. The lowest BCUT2D eigenvalue weighted by molar-refractivity contribution is -0.0145. The molecule has 1 amide bonds. The molecule has 2 fully saturated rings. The number of hydrogen-bond acceptors (Lipinski definition) is 8. The highest BCUT2D eigenvalue weighted by Crippen LogP contribution is 2.29. The van der Waals surface area contributed by atoms with Crippen molar-refractivity contribution >= 4 is 34.5 Å². The Morgan fingerprint density at radius 1 is 1.42 bits per heavy atom. The maximum Gasteiger partial charge on any atom is 0.411 e. The van der Waals surface area contributed by atoms with Gasteiger partial charge in [-0.1, -0.05) is 11.6 Å². The minimum atomic E-state index is -1.10. The number of anilines is 1. The summed E-state index contributed by atoms with van der Waals surface area (Å²) < 4.78 is 25.3. The maximum atomic E-state index is 14.6. The molecule has 0 aromatic carbocycles. The number of hydrogen-bond donors (Lipinski definition) is 3. The summed E-state index contributed by atoms with van der Waals surface area (Å²) in [6.45, 7) is 1.51. The standard InChI is InChI=1S/C21H23ClFN7O3/c22-12-6-14-15(8-26-17(14)25-7-12)18-27-9-16(23)19(29-18)28-13-2-1-4-30(10-13)20(31)33-21(24)3-5-32-11-21/h6-9,13H,1-5,10-11,24H2,(H,25,26)(H,27,28,29)/t13-,21-/m0/s1. The number of amides is 1. The normalized spacial score (nSPS) is 23.1. The molecule has 2 aliphatic rings. The van der Waals surface area contributed by atoms with Crippen molar-refractivity contribution in [1.82, 2.24) is 24.8 Å². The molecule has 0 bridgehead atoms. The Balaban J connectivity index is 1.31. The average molecular weight is 476 g/mol. The fourth-order valence-corrected chi connectivity index (χ4v) is 4.25. The Labute approximate surface area is 193 Å². The number of nitrogens with one attached hydrogen (secondary N) is 2. The predicted molar refractivity (Wildman–Crippen MR) is 119 cm³/mol. The van der Waals surface area contributed by atoms with Crippen LogP contribution >= 0.6 is 11.6 Å². The molecule has 3 aromatic heterocycles. The first-order chi connectivity index (χ1) is 15.9. The number of rotatable bonds is 4. The molecule has 3 aromatic rings. The second-order valence-electron chi connectivity index (χ2n) is 8.31. The van der Waals surface area contributed by atoms with Gasteiger partial charge in [0.2, 0.25) is 0 Å². The van der Waals surface area contributed by atoms with Crippen LogP contribution in [0.4, 0.5) is 15.0 Å². The lowest BCUT2D eigenvalue weighted by Gasteiger charge is -2.34. The molecule has 2 atom stereocenters. The molecule has 12 heteroatoms. The van der Waals surface area contributed by atoms with E-state index < -0.39 is 17.6 Å².